The molecule has 0 spiro atoms. The maximum atomic E-state index is 12.1. The first-order chi connectivity index (χ1) is 37.8. The number of nitrogens with zero attached hydrogens (tertiary/aromatic N) is 12. The number of halogens is 1. The minimum atomic E-state index is -1.02. The number of anilines is 1. The molecule has 84 heavy (non-hydrogen) atoms. The van der Waals surface area contributed by atoms with E-state index in [2.05, 4.69) is 40.3 Å². The number of aromatic carboxylic acids is 1. The van der Waals surface area contributed by atoms with Gasteiger partial charge in [0.05, 0.1) is 75.2 Å². The Hall–Kier alpha value is -8.54. The van der Waals surface area contributed by atoms with Gasteiger partial charge >= 0.3 is 47.5 Å². The molecule has 0 aliphatic heterocycles. The molecule has 0 saturated carbocycles. The van der Waals surface area contributed by atoms with Crippen molar-refractivity contribution in [3.8, 4) is 11.9 Å². The van der Waals surface area contributed by atoms with Gasteiger partial charge in [0.15, 0.2) is 11.4 Å². The number of para-hydroxylation sites is 8. The molecule has 0 radical (unpaired) electrons. The summed E-state index contributed by atoms with van der Waals surface area (Å²) in [5, 5.41) is 25.9. The molecule has 0 amide bonds. The molecule has 0 fully saturated rings. The maximum absolute atomic E-state index is 12.1. The molecule has 29 heteroatoms. The zero-order chi connectivity index (χ0) is 58.5. The number of carboxylic acids is 1. The van der Waals surface area contributed by atoms with Crippen LogP contribution in [0.4, 0.5) is 5.95 Å². The predicted octanol–water partition coefficient (Wildman–Crippen LogP) is 5.31. The fourth-order valence-electron chi connectivity index (χ4n) is 7.35. The van der Waals surface area contributed by atoms with E-state index >= 15 is 0 Å². The van der Waals surface area contributed by atoms with E-state index in [0.29, 0.717) is 41.1 Å². The van der Waals surface area contributed by atoms with E-state index in [9.17, 15) is 29.1 Å². The van der Waals surface area contributed by atoms with Crippen LogP contribution in [0.3, 0.4) is 0 Å². The van der Waals surface area contributed by atoms with Gasteiger partial charge in [-0.3, -0.25) is 15.0 Å². The number of hydrogen-bond acceptors (Lipinski definition) is 19. The normalized spacial score (nSPS) is 9.58. The Kier molecular flexibility index (Phi) is 34.6. The summed E-state index contributed by atoms with van der Waals surface area (Å²) in [6, 6.07) is 34.4. The molecular weight excluding hydrogens is 1120 g/mol. The van der Waals surface area contributed by atoms with Crippen molar-refractivity contribution in [3.63, 3.8) is 0 Å². The van der Waals surface area contributed by atoms with Gasteiger partial charge in [0.25, 0.3) is 0 Å². The van der Waals surface area contributed by atoms with E-state index in [1.807, 2.05) is 150 Å². The molecule has 0 saturated heterocycles. The number of benzene rings is 4. The number of nitrogens with one attached hydrogen (secondary N) is 3. The van der Waals surface area contributed by atoms with Crippen LogP contribution in [0.15, 0.2) is 109 Å². The van der Waals surface area contributed by atoms with Crippen LogP contribution in [-0.2, 0) is 52.0 Å². The number of nitrogens with two attached hydrogens (primary N) is 1. The Morgan fingerprint density at radius 1 is 0.631 bits per heavy atom. The Morgan fingerprint density at radius 3 is 1.35 bits per heavy atom. The third-order valence-corrected chi connectivity index (χ3v) is 11.2. The molecule has 0 unspecified atom stereocenters. The molecule has 6 aromatic heterocycles. The topological polar surface area (TPSA) is 398 Å². The van der Waals surface area contributed by atoms with Crippen LogP contribution < -0.4 is 40.8 Å². The number of rotatable bonds is 10. The summed E-state index contributed by atoms with van der Waals surface area (Å²) in [7, 11) is 7.56. The van der Waals surface area contributed by atoms with Crippen molar-refractivity contribution < 1.29 is 85.6 Å². The first kappa shape index (κ1) is 77.5. The number of aliphatic hydroxyl groups is 1. The summed E-state index contributed by atoms with van der Waals surface area (Å²) in [6.07, 6.45) is -0.362. The van der Waals surface area contributed by atoms with Gasteiger partial charge in [-0.05, 0) is 114 Å². The second-order valence-electron chi connectivity index (χ2n) is 16.5. The van der Waals surface area contributed by atoms with Crippen molar-refractivity contribution in [2.24, 2.45) is 34.0 Å². The van der Waals surface area contributed by atoms with E-state index in [1.165, 1.54) is 22.4 Å². The molecule has 0 bridgehead atoms. The summed E-state index contributed by atoms with van der Waals surface area (Å²) in [6.45, 7) is 10.6. The van der Waals surface area contributed by atoms with Crippen molar-refractivity contribution in [2.75, 3.05) is 25.2 Å². The number of carbonyl (C=O) groups is 5. The molecule has 10 rings (SSSR count). The number of imidazole rings is 4. The number of carbonyl (C=O) groups excluding carboxylic acids is 4. The smallest absolute Gasteiger partial charge is 0.870 e. The molecule has 0 atom stereocenters. The minimum Gasteiger partial charge on any atom is -0.870 e. The number of esters is 2. The third-order valence-electron chi connectivity index (χ3n) is 10.8. The Bertz CT molecular complexity index is 3710. The van der Waals surface area contributed by atoms with E-state index in [-0.39, 0.29) is 87.9 Å². The van der Waals surface area contributed by atoms with Crippen LogP contribution in [0.5, 0.6) is 0 Å². The number of nitrogen functional groups attached to an aromatic ring is 1. The van der Waals surface area contributed by atoms with Crippen molar-refractivity contribution in [1.82, 2.24) is 57.8 Å². The molecule has 27 nitrogen and oxygen atoms in total. The quantitative estimate of drug-likeness (QED) is 0.0192. The first-order valence-corrected chi connectivity index (χ1v) is 24.6. The summed E-state index contributed by atoms with van der Waals surface area (Å²) >= 11 is 5.80. The molecule has 10 aromatic rings. The van der Waals surface area contributed by atoms with E-state index < -0.39 is 23.7 Å². The molecule has 10 N–H and O–H groups in total. The van der Waals surface area contributed by atoms with Gasteiger partial charge in [0.2, 0.25) is 28.9 Å². The third kappa shape index (κ3) is 19.8. The largest absolute Gasteiger partial charge is 1.00 e. The van der Waals surface area contributed by atoms with Crippen molar-refractivity contribution in [3.05, 3.63) is 137 Å². The number of ether oxygens (including phenoxy) is 2. The van der Waals surface area contributed by atoms with Gasteiger partial charge in [0.1, 0.15) is 5.78 Å². The number of ketones is 2. The van der Waals surface area contributed by atoms with Gasteiger partial charge in [-0.1, -0.05) is 63.4 Å². The molecule has 0 aliphatic rings. The van der Waals surface area contributed by atoms with E-state index in [0.717, 1.165) is 49.8 Å². The molecule has 6 heterocycles. The predicted molar refractivity (Wildman–Crippen MR) is 319 cm³/mol. The molecule has 4 aromatic carbocycles. The SMILES string of the molecule is C.C.CCO.CCOC(=O)C(=O)CC(C)=O.CCOC(=O)c1cc(C)nn1-c1nc2ccccc2n1C.Cc1cc(C(=O)O)n(-c2nc3ccccc3n2C)n1.Cn1c(Cl)nc2ccccc21.Cn1c(NN)nc2ccccc21.N=N.O.[HH].[Na+].[OH-]. The second-order valence-corrected chi connectivity index (χ2v) is 16.8. The monoisotopic (exact) mass is 1190 g/mol. The molecule has 0 aliphatic carbocycles. The maximum Gasteiger partial charge on any atom is 1.00 e. The van der Waals surface area contributed by atoms with Crippen LogP contribution in [0.25, 0.3) is 56.0 Å². The van der Waals surface area contributed by atoms with Crippen LogP contribution >= 0.6 is 11.6 Å². The standard InChI is InChI=1S/C15H16N4O2.C13H12N4O2.C8H7ClN2.C8H10N4.C7H10O4.C2H6O.2CH4.H2N2.Na.2H2O.H2/c1-4-21-14(20)13-9-10(2)17-19(13)15-16-11-7-5-6-8-12(11)18(15)3;1-8-7-11(12(18)19)17(15-8)13-14-9-5-3-4-6-10(9)16(13)2;1-11-7-5-3-2-4-6(7)10-8(11)9;1-12-7-5-3-2-4-6(7)10-8(12)11-9;1-3-11-7(10)6(9)4-5(2)8;1-2-3;;;1-2;;;;/h5-9H,4H2,1-3H3;3-7H,1-2H3,(H,18,19);2-5H,1H3;2-5H,9H2,1H3,(H,10,11);3-4H2,1-2H3;3H,2H2,1H3;2*1H4;1-2H;;2*1H2;1H/q;;;;;;;;;+1;;;/p-1. The number of hydrogen-bond donors (Lipinski definition) is 6. The average molecular weight is 1200 g/mol. The summed E-state index contributed by atoms with van der Waals surface area (Å²) in [4.78, 5) is 72.2. The zero-order valence-electron chi connectivity index (χ0n) is 47.2. The van der Waals surface area contributed by atoms with Crippen molar-refractivity contribution >= 4 is 91.2 Å². The van der Waals surface area contributed by atoms with Crippen LogP contribution in [0.2, 0.25) is 5.28 Å². The summed E-state index contributed by atoms with van der Waals surface area (Å²) < 4.78 is 19.8. The van der Waals surface area contributed by atoms with E-state index in [4.69, 9.17) is 38.3 Å². The molecular formula is C55H76ClN16NaO11. The Labute approximate surface area is 514 Å². The number of carboxylic acid groups (broad SMARTS) is 1. The number of aryl methyl sites for hydroxylation is 6. The summed E-state index contributed by atoms with van der Waals surface area (Å²) in [5.74, 6) is 3.59. The van der Waals surface area contributed by atoms with Crippen molar-refractivity contribution in [1.29, 1.82) is 11.1 Å². The van der Waals surface area contributed by atoms with Gasteiger partial charge in [-0.25, -0.2) is 51.2 Å². The number of fused-ring (bicyclic) bond motifs is 4. The van der Waals surface area contributed by atoms with Gasteiger partial charge in [0, 0.05) is 36.2 Å². The van der Waals surface area contributed by atoms with Crippen LogP contribution in [0, 0.1) is 24.9 Å². The molecule has 450 valence electrons. The minimum absolute atomic E-state index is 0. The van der Waals surface area contributed by atoms with Crippen molar-refractivity contribution in [2.45, 2.75) is 62.8 Å². The zero-order valence-corrected chi connectivity index (χ0v) is 50.0. The Morgan fingerprint density at radius 2 is 0.988 bits per heavy atom. The number of aromatic nitrogens is 12. The fraction of sp³-hybridized carbons (Fsp3) is 0.291. The van der Waals surface area contributed by atoms with Gasteiger partial charge in [-0.2, -0.15) is 19.6 Å². The van der Waals surface area contributed by atoms with Crippen LogP contribution in [0.1, 0.15) is 82.8 Å². The second kappa shape index (κ2) is 37.5. The van der Waals surface area contributed by atoms with Gasteiger partial charge < -0.3 is 48.9 Å². The first-order valence-electron chi connectivity index (χ1n) is 24.2. The number of hydrazine groups is 1. The van der Waals surface area contributed by atoms with E-state index in [1.54, 1.807) is 33.8 Å². The Balaban J connectivity index is -0.000000975. The number of aliphatic hydroxyl groups excluding tert-OH is 1. The number of Topliss-reactive ketones (excluding diaryl/α,β-unsaturated/α-hetero) is 2. The fourth-order valence-corrected chi connectivity index (χ4v) is 7.53. The average Bonchev–Trinajstić information content (AvgIpc) is 4.51. The summed E-state index contributed by atoms with van der Waals surface area (Å²) in [5.41, 5.74) is 22.0. The van der Waals surface area contributed by atoms with Gasteiger partial charge in [-0.15, -0.1) is 0 Å². The van der Waals surface area contributed by atoms with Crippen LogP contribution in [-0.4, -0.2) is 128 Å².